The molecule has 0 aromatic heterocycles. The van der Waals surface area contributed by atoms with Crippen molar-refractivity contribution in [1.82, 2.24) is 0 Å². The maximum absolute atomic E-state index is 12.2. The van der Waals surface area contributed by atoms with Crippen LogP contribution in [-0.2, 0) is 24.8 Å². The summed E-state index contributed by atoms with van der Waals surface area (Å²) in [5.41, 5.74) is 0.822. The molecular formula is C13H20N2O5S2. The summed E-state index contributed by atoms with van der Waals surface area (Å²) in [5.74, 6) is -0.147. The van der Waals surface area contributed by atoms with Gasteiger partial charge in [-0.1, -0.05) is 6.07 Å². The van der Waals surface area contributed by atoms with Gasteiger partial charge in [-0.3, -0.25) is 4.72 Å². The van der Waals surface area contributed by atoms with Gasteiger partial charge in [0.25, 0.3) is 0 Å². The summed E-state index contributed by atoms with van der Waals surface area (Å²) in [4.78, 5) is -0.135. The van der Waals surface area contributed by atoms with Gasteiger partial charge in [0.15, 0.2) is 0 Å². The first kappa shape index (κ1) is 17.2. The molecule has 0 aliphatic carbocycles. The van der Waals surface area contributed by atoms with Crippen LogP contribution in [0.25, 0.3) is 0 Å². The highest BCUT2D eigenvalue weighted by atomic mass is 32.2. The minimum absolute atomic E-state index is 0.135. The molecule has 0 amide bonds. The molecule has 9 heteroatoms. The maximum Gasteiger partial charge on any atom is 0.238 e. The average molecular weight is 348 g/mol. The molecule has 1 atom stereocenters. The molecule has 3 N–H and O–H groups in total. The predicted molar refractivity (Wildman–Crippen MR) is 83.6 cm³/mol. The van der Waals surface area contributed by atoms with Crippen molar-refractivity contribution in [3.63, 3.8) is 0 Å². The Bertz CT molecular complexity index is 738. The van der Waals surface area contributed by atoms with Gasteiger partial charge < -0.3 is 4.74 Å². The Morgan fingerprint density at radius 3 is 2.59 bits per heavy atom. The molecule has 1 unspecified atom stereocenters. The lowest BCUT2D eigenvalue weighted by Gasteiger charge is -2.22. The molecule has 1 aromatic carbocycles. The minimum atomic E-state index is -3.88. The van der Waals surface area contributed by atoms with Crippen molar-refractivity contribution in [1.29, 1.82) is 0 Å². The molecule has 0 spiro atoms. The molecule has 1 aliphatic heterocycles. The van der Waals surface area contributed by atoms with Gasteiger partial charge >= 0.3 is 0 Å². The Morgan fingerprint density at radius 2 is 2.00 bits per heavy atom. The smallest absolute Gasteiger partial charge is 0.238 e. The zero-order chi connectivity index (χ0) is 16.4. The Labute approximate surface area is 131 Å². The first-order valence-electron chi connectivity index (χ1n) is 6.93. The average Bonchev–Trinajstić information content (AvgIpc) is 2.40. The normalized spacial score (nSPS) is 19.8. The molecule has 1 aromatic rings. The van der Waals surface area contributed by atoms with Crippen LogP contribution in [0.4, 0.5) is 5.69 Å². The first-order valence-corrected chi connectivity index (χ1v) is 10.1. The van der Waals surface area contributed by atoms with Crippen molar-refractivity contribution in [2.45, 2.75) is 37.2 Å². The van der Waals surface area contributed by atoms with Gasteiger partial charge in [-0.25, -0.2) is 22.0 Å². The molecule has 2 rings (SSSR count). The van der Waals surface area contributed by atoms with E-state index in [2.05, 4.69) is 4.72 Å². The molecule has 22 heavy (non-hydrogen) atoms. The lowest BCUT2D eigenvalue weighted by atomic mass is 10.1. The molecule has 0 bridgehead atoms. The molecule has 124 valence electrons. The van der Waals surface area contributed by atoms with E-state index >= 15 is 0 Å². The Morgan fingerprint density at radius 1 is 1.27 bits per heavy atom. The highest BCUT2D eigenvalue weighted by molar-refractivity contribution is 7.92. The quantitative estimate of drug-likeness (QED) is 0.822. The second kappa shape index (κ2) is 6.53. The molecule has 1 fully saturated rings. The van der Waals surface area contributed by atoms with Crippen LogP contribution < -0.4 is 9.86 Å². The Kier molecular flexibility index (Phi) is 5.10. The molecule has 0 radical (unpaired) electrons. The third-order valence-electron chi connectivity index (χ3n) is 3.48. The maximum atomic E-state index is 12.2. The highest BCUT2D eigenvalue weighted by Crippen LogP contribution is 2.22. The van der Waals surface area contributed by atoms with E-state index in [0.717, 1.165) is 12.8 Å². The number of rotatable bonds is 5. The lowest BCUT2D eigenvalue weighted by Crippen LogP contribution is -2.31. The van der Waals surface area contributed by atoms with Crippen LogP contribution in [0.5, 0.6) is 0 Å². The van der Waals surface area contributed by atoms with Crippen molar-refractivity contribution in [2.75, 3.05) is 17.1 Å². The number of ether oxygens (including phenoxy) is 1. The van der Waals surface area contributed by atoms with E-state index < -0.39 is 20.0 Å². The number of anilines is 1. The number of primary sulfonamides is 1. The number of benzene rings is 1. The summed E-state index contributed by atoms with van der Waals surface area (Å²) < 4.78 is 55.0. The van der Waals surface area contributed by atoms with E-state index in [4.69, 9.17) is 9.88 Å². The standard InChI is InChI=1S/C13H20N2O5S2/c1-10-5-6-12(22(14,18)19)8-13(10)15-21(16,17)9-11-4-2-3-7-20-11/h5-6,8,11,15H,2-4,7,9H2,1H3,(H2,14,18,19). The van der Waals surface area contributed by atoms with Crippen molar-refractivity contribution in [3.05, 3.63) is 23.8 Å². The second-order valence-corrected chi connectivity index (χ2v) is 8.72. The second-order valence-electron chi connectivity index (χ2n) is 5.39. The van der Waals surface area contributed by atoms with E-state index in [1.54, 1.807) is 6.92 Å². The summed E-state index contributed by atoms with van der Waals surface area (Å²) in [6.45, 7) is 2.25. The predicted octanol–water partition coefficient (Wildman–Crippen LogP) is 0.953. The van der Waals surface area contributed by atoms with Crippen LogP contribution in [0, 0.1) is 6.92 Å². The fourth-order valence-electron chi connectivity index (χ4n) is 2.28. The number of sulfonamides is 2. The summed E-state index contributed by atoms with van der Waals surface area (Å²) in [6.07, 6.45) is 2.27. The Balaban J connectivity index is 2.18. The summed E-state index contributed by atoms with van der Waals surface area (Å²) in [5, 5.41) is 5.06. The van der Waals surface area contributed by atoms with Crippen molar-refractivity contribution in [2.24, 2.45) is 5.14 Å². The number of hydrogen-bond acceptors (Lipinski definition) is 5. The third-order valence-corrected chi connectivity index (χ3v) is 5.73. The number of aryl methyl sites for hydroxylation is 1. The highest BCUT2D eigenvalue weighted by Gasteiger charge is 2.23. The monoisotopic (exact) mass is 348 g/mol. The van der Waals surface area contributed by atoms with Crippen LogP contribution >= 0.6 is 0 Å². The van der Waals surface area contributed by atoms with Gasteiger partial charge in [0.05, 0.1) is 22.4 Å². The van der Waals surface area contributed by atoms with Crippen LogP contribution in [-0.4, -0.2) is 35.3 Å². The van der Waals surface area contributed by atoms with Crippen LogP contribution in [0.1, 0.15) is 24.8 Å². The van der Waals surface area contributed by atoms with E-state index in [9.17, 15) is 16.8 Å². The fraction of sp³-hybridized carbons (Fsp3) is 0.538. The zero-order valence-corrected chi connectivity index (χ0v) is 13.9. The van der Waals surface area contributed by atoms with Gasteiger partial charge in [-0.15, -0.1) is 0 Å². The Hall–Kier alpha value is -1.16. The first-order chi connectivity index (χ1) is 10.2. The van der Waals surface area contributed by atoms with E-state index in [1.807, 2.05) is 0 Å². The topological polar surface area (TPSA) is 116 Å². The lowest BCUT2D eigenvalue weighted by molar-refractivity contribution is 0.0306. The van der Waals surface area contributed by atoms with Gasteiger partial charge in [0.2, 0.25) is 20.0 Å². The largest absolute Gasteiger partial charge is 0.377 e. The molecule has 0 saturated carbocycles. The fourth-order valence-corrected chi connectivity index (χ4v) is 4.21. The number of nitrogens with two attached hydrogens (primary N) is 1. The molecule has 1 saturated heterocycles. The van der Waals surface area contributed by atoms with E-state index in [0.29, 0.717) is 18.6 Å². The molecular weight excluding hydrogens is 328 g/mol. The third kappa shape index (κ3) is 4.67. The van der Waals surface area contributed by atoms with Crippen molar-refractivity contribution >= 4 is 25.7 Å². The molecule has 1 aliphatic rings. The van der Waals surface area contributed by atoms with Gasteiger partial charge in [0.1, 0.15) is 0 Å². The van der Waals surface area contributed by atoms with Crippen LogP contribution in [0.15, 0.2) is 23.1 Å². The number of nitrogens with one attached hydrogen (secondary N) is 1. The molecule has 1 heterocycles. The van der Waals surface area contributed by atoms with Crippen molar-refractivity contribution < 1.29 is 21.6 Å². The SMILES string of the molecule is Cc1ccc(S(N)(=O)=O)cc1NS(=O)(=O)CC1CCCCO1. The van der Waals surface area contributed by atoms with Crippen LogP contribution in [0.2, 0.25) is 0 Å². The van der Waals surface area contributed by atoms with Crippen molar-refractivity contribution in [3.8, 4) is 0 Å². The van der Waals surface area contributed by atoms with E-state index in [1.165, 1.54) is 18.2 Å². The molecule has 7 nitrogen and oxygen atoms in total. The summed E-state index contributed by atoms with van der Waals surface area (Å²) >= 11 is 0. The van der Waals surface area contributed by atoms with Gasteiger partial charge in [-0.2, -0.15) is 0 Å². The van der Waals surface area contributed by atoms with Crippen LogP contribution in [0.3, 0.4) is 0 Å². The van der Waals surface area contributed by atoms with E-state index in [-0.39, 0.29) is 22.4 Å². The van der Waals surface area contributed by atoms with Gasteiger partial charge in [0, 0.05) is 6.61 Å². The minimum Gasteiger partial charge on any atom is -0.377 e. The summed E-state index contributed by atoms with van der Waals surface area (Å²) in [6, 6.07) is 4.07. The number of hydrogen-bond donors (Lipinski definition) is 2. The van der Waals surface area contributed by atoms with Gasteiger partial charge in [-0.05, 0) is 43.9 Å². The summed E-state index contributed by atoms with van der Waals surface area (Å²) in [7, 11) is -7.51. The zero-order valence-electron chi connectivity index (χ0n) is 12.3.